The monoisotopic (exact) mass is 490 g/mol. The molecule has 9 nitrogen and oxygen atoms in total. The van der Waals surface area contributed by atoms with Gasteiger partial charge in [0.05, 0.1) is 16.2 Å². The average Bonchev–Trinajstić information content (AvgIpc) is 3.48. The second-order valence-electron chi connectivity index (χ2n) is 7.27. The van der Waals surface area contributed by atoms with E-state index in [9.17, 15) is 14.4 Å². The molecule has 1 aliphatic rings. The van der Waals surface area contributed by atoms with Crippen LogP contribution in [0.4, 0.5) is 5.00 Å². The quantitative estimate of drug-likeness (QED) is 0.393. The number of nitrogens with one attached hydrogen (secondary N) is 1. The molecular formula is C20H22N6O3S3. The van der Waals surface area contributed by atoms with Crippen molar-refractivity contribution in [3.05, 3.63) is 33.5 Å². The Morgan fingerprint density at radius 2 is 2.00 bits per heavy atom. The standard InChI is InChI=1S/C20H22N6O3S3/c21-14(27)7-8-26-18(13-6-3-9-30-13)24-25-20(26)31-10-15(28)23-19-16(17(22)29)11-4-1-2-5-12(11)32-19/h3,6,9H,1-2,4-5,7-8,10H2,(H2,21,27)(H2,22,29)(H,23,28). The number of primary amides is 2. The number of carbonyl (C=O) groups is 3. The maximum Gasteiger partial charge on any atom is 0.251 e. The third kappa shape index (κ3) is 4.87. The fourth-order valence-electron chi connectivity index (χ4n) is 3.61. The molecule has 3 heterocycles. The Hall–Kier alpha value is -2.70. The molecule has 0 aromatic carbocycles. The molecule has 4 rings (SSSR count). The number of hydrogen-bond acceptors (Lipinski definition) is 8. The highest BCUT2D eigenvalue weighted by Gasteiger charge is 2.25. The van der Waals surface area contributed by atoms with Crippen molar-refractivity contribution in [2.24, 2.45) is 11.5 Å². The number of aryl methyl sites for hydroxylation is 1. The molecular weight excluding hydrogens is 468 g/mol. The van der Waals surface area contributed by atoms with Crippen LogP contribution in [0.3, 0.4) is 0 Å². The van der Waals surface area contributed by atoms with E-state index < -0.39 is 11.8 Å². The minimum absolute atomic E-state index is 0.0694. The molecule has 0 atom stereocenters. The van der Waals surface area contributed by atoms with Crippen LogP contribution in [-0.2, 0) is 29.0 Å². The van der Waals surface area contributed by atoms with E-state index >= 15 is 0 Å². The largest absolute Gasteiger partial charge is 0.370 e. The predicted molar refractivity (Wildman–Crippen MR) is 126 cm³/mol. The van der Waals surface area contributed by atoms with E-state index in [0.29, 0.717) is 28.1 Å². The van der Waals surface area contributed by atoms with Crippen LogP contribution >= 0.6 is 34.4 Å². The topological polar surface area (TPSA) is 146 Å². The highest BCUT2D eigenvalue weighted by atomic mass is 32.2. The van der Waals surface area contributed by atoms with E-state index in [2.05, 4.69) is 15.5 Å². The zero-order chi connectivity index (χ0) is 22.7. The minimum atomic E-state index is -0.515. The second kappa shape index (κ2) is 9.84. The van der Waals surface area contributed by atoms with Crippen molar-refractivity contribution in [1.29, 1.82) is 0 Å². The highest BCUT2D eigenvalue weighted by Crippen LogP contribution is 2.38. The van der Waals surface area contributed by atoms with Crippen LogP contribution in [0.5, 0.6) is 0 Å². The van der Waals surface area contributed by atoms with Gasteiger partial charge in [0.2, 0.25) is 11.8 Å². The number of carbonyl (C=O) groups excluding carboxylic acids is 3. The number of anilines is 1. The Morgan fingerprint density at radius 1 is 1.19 bits per heavy atom. The van der Waals surface area contributed by atoms with Gasteiger partial charge in [-0.3, -0.25) is 14.4 Å². The summed E-state index contributed by atoms with van der Waals surface area (Å²) in [5.41, 5.74) is 12.3. The Kier molecular flexibility index (Phi) is 6.92. The van der Waals surface area contributed by atoms with Gasteiger partial charge in [-0.1, -0.05) is 17.8 Å². The molecule has 0 bridgehead atoms. The summed E-state index contributed by atoms with van der Waals surface area (Å²) < 4.78 is 1.80. The molecule has 0 fully saturated rings. The smallest absolute Gasteiger partial charge is 0.251 e. The van der Waals surface area contributed by atoms with E-state index in [1.54, 1.807) is 4.57 Å². The van der Waals surface area contributed by atoms with Crippen LogP contribution in [0, 0.1) is 0 Å². The van der Waals surface area contributed by atoms with Crippen LogP contribution in [-0.4, -0.2) is 38.2 Å². The lowest BCUT2D eigenvalue weighted by Crippen LogP contribution is -2.19. The van der Waals surface area contributed by atoms with Crippen molar-refractivity contribution >= 4 is 57.2 Å². The first-order valence-corrected chi connectivity index (χ1v) is 12.7. The van der Waals surface area contributed by atoms with Crippen LogP contribution < -0.4 is 16.8 Å². The molecule has 0 unspecified atom stereocenters. The third-order valence-corrected chi connectivity index (χ3v) is 8.08. The first-order valence-electron chi connectivity index (χ1n) is 10.1. The zero-order valence-electron chi connectivity index (χ0n) is 17.1. The number of hydrogen-bond donors (Lipinski definition) is 3. The van der Waals surface area contributed by atoms with Gasteiger partial charge in [0.15, 0.2) is 11.0 Å². The molecule has 1 aliphatic carbocycles. The first-order chi connectivity index (χ1) is 15.4. The van der Waals surface area contributed by atoms with E-state index in [-0.39, 0.29) is 18.1 Å². The van der Waals surface area contributed by atoms with Gasteiger partial charge in [-0.25, -0.2) is 0 Å². The second-order valence-corrected chi connectivity index (χ2v) is 10.3. The van der Waals surface area contributed by atoms with E-state index in [4.69, 9.17) is 11.5 Å². The summed E-state index contributed by atoms with van der Waals surface area (Å²) in [6, 6.07) is 3.82. The highest BCUT2D eigenvalue weighted by molar-refractivity contribution is 7.99. The van der Waals surface area contributed by atoms with Crippen LogP contribution in [0.15, 0.2) is 22.7 Å². The zero-order valence-corrected chi connectivity index (χ0v) is 19.6. The number of fused-ring (bicyclic) bond motifs is 1. The molecule has 0 saturated carbocycles. The van der Waals surface area contributed by atoms with Gasteiger partial charge in [0.1, 0.15) is 5.00 Å². The Labute approximate surface area is 196 Å². The number of amides is 3. The number of nitrogens with zero attached hydrogens (tertiary/aromatic N) is 3. The summed E-state index contributed by atoms with van der Waals surface area (Å²) >= 11 is 4.15. The number of thiophene rings is 2. The lowest BCUT2D eigenvalue weighted by atomic mass is 9.95. The van der Waals surface area contributed by atoms with Crippen molar-refractivity contribution in [3.8, 4) is 10.7 Å². The Morgan fingerprint density at radius 3 is 2.72 bits per heavy atom. The molecule has 0 radical (unpaired) electrons. The molecule has 0 aliphatic heterocycles. The molecule has 3 aromatic heterocycles. The number of rotatable bonds is 9. The Balaban J connectivity index is 1.48. The number of thioether (sulfide) groups is 1. The van der Waals surface area contributed by atoms with Gasteiger partial charge in [-0.05, 0) is 42.7 Å². The van der Waals surface area contributed by atoms with E-state index in [0.717, 1.165) is 41.0 Å². The van der Waals surface area contributed by atoms with Crippen molar-refractivity contribution < 1.29 is 14.4 Å². The van der Waals surface area contributed by atoms with Gasteiger partial charge in [0.25, 0.3) is 5.91 Å². The number of nitrogens with two attached hydrogens (primary N) is 2. The summed E-state index contributed by atoms with van der Waals surface area (Å²) in [5.74, 6) is -0.506. The average molecular weight is 491 g/mol. The molecule has 168 valence electrons. The summed E-state index contributed by atoms with van der Waals surface area (Å²) in [6.45, 7) is 0.322. The van der Waals surface area contributed by atoms with E-state index in [1.807, 2.05) is 17.5 Å². The Bertz CT molecular complexity index is 1150. The lowest BCUT2D eigenvalue weighted by molar-refractivity contribution is -0.118. The molecule has 12 heteroatoms. The summed E-state index contributed by atoms with van der Waals surface area (Å²) in [5, 5.41) is 14.3. The third-order valence-electron chi connectivity index (χ3n) is 5.04. The normalized spacial score (nSPS) is 13.0. The molecule has 5 N–H and O–H groups in total. The molecule has 3 aromatic rings. The molecule has 0 spiro atoms. The first kappa shape index (κ1) is 22.5. The molecule has 32 heavy (non-hydrogen) atoms. The van der Waals surface area contributed by atoms with Gasteiger partial charge in [-0.2, -0.15) is 0 Å². The fraction of sp³-hybridized carbons (Fsp3) is 0.350. The number of aromatic nitrogens is 3. The maximum absolute atomic E-state index is 12.7. The van der Waals surface area contributed by atoms with Gasteiger partial charge >= 0.3 is 0 Å². The molecule has 3 amide bonds. The summed E-state index contributed by atoms with van der Waals surface area (Å²) in [4.78, 5) is 38.0. The van der Waals surface area contributed by atoms with Gasteiger partial charge in [0, 0.05) is 17.8 Å². The predicted octanol–water partition coefficient (Wildman–Crippen LogP) is 2.65. The van der Waals surface area contributed by atoms with E-state index in [1.165, 1.54) is 34.4 Å². The minimum Gasteiger partial charge on any atom is -0.370 e. The molecule has 0 saturated heterocycles. The van der Waals surface area contributed by atoms with Crippen molar-refractivity contribution in [2.45, 2.75) is 43.8 Å². The van der Waals surface area contributed by atoms with Crippen LogP contribution in [0.1, 0.15) is 40.1 Å². The SMILES string of the molecule is NC(=O)CCn1c(SCC(=O)Nc2sc3c(c2C(N)=O)CCCC3)nnc1-c1cccs1. The van der Waals surface area contributed by atoms with Gasteiger partial charge in [-0.15, -0.1) is 32.9 Å². The lowest BCUT2D eigenvalue weighted by Gasteiger charge is -2.11. The van der Waals surface area contributed by atoms with Crippen LogP contribution in [0.2, 0.25) is 0 Å². The van der Waals surface area contributed by atoms with Crippen molar-refractivity contribution in [2.75, 3.05) is 11.1 Å². The maximum atomic E-state index is 12.7. The van der Waals surface area contributed by atoms with Crippen molar-refractivity contribution in [1.82, 2.24) is 14.8 Å². The summed E-state index contributed by atoms with van der Waals surface area (Å²) in [7, 11) is 0. The van der Waals surface area contributed by atoms with Crippen LogP contribution in [0.25, 0.3) is 10.7 Å². The fourth-order valence-corrected chi connectivity index (χ4v) is 6.41. The van der Waals surface area contributed by atoms with Gasteiger partial charge < -0.3 is 21.4 Å². The summed E-state index contributed by atoms with van der Waals surface area (Å²) in [6.07, 6.45) is 3.94. The van der Waals surface area contributed by atoms with Crippen molar-refractivity contribution in [3.63, 3.8) is 0 Å².